The van der Waals surface area contributed by atoms with Crippen molar-refractivity contribution in [2.24, 2.45) is 0 Å². The Labute approximate surface area is 147 Å². The maximum atomic E-state index is 12.1. The number of anilines is 2. The van der Waals surface area contributed by atoms with Crippen LogP contribution in [-0.2, 0) is 4.74 Å². The molecule has 0 spiro atoms. The lowest BCUT2D eigenvalue weighted by Crippen LogP contribution is -2.32. The lowest BCUT2D eigenvalue weighted by atomic mass is 10.2. The van der Waals surface area contributed by atoms with Crippen molar-refractivity contribution in [3.05, 3.63) is 47.8 Å². The van der Waals surface area contributed by atoms with E-state index in [0.717, 1.165) is 42.1 Å². The maximum absolute atomic E-state index is 12.1. The SMILES string of the molecule is COc1ccc(C)cc1Nc1ccc(C(=O)NCC2CCCO2)nc1. The number of ether oxygens (including phenoxy) is 2. The number of methoxy groups -OCH3 is 1. The number of hydrogen-bond acceptors (Lipinski definition) is 5. The molecule has 1 aliphatic heterocycles. The van der Waals surface area contributed by atoms with E-state index in [0.29, 0.717) is 12.2 Å². The van der Waals surface area contributed by atoms with E-state index in [1.54, 1.807) is 19.4 Å². The molecule has 1 atom stereocenters. The zero-order valence-electron chi connectivity index (χ0n) is 14.5. The van der Waals surface area contributed by atoms with Crippen molar-refractivity contribution in [1.82, 2.24) is 10.3 Å². The molecule has 6 heteroatoms. The molecular weight excluding hydrogens is 318 g/mol. The van der Waals surface area contributed by atoms with Crippen LogP contribution in [0.3, 0.4) is 0 Å². The standard InChI is InChI=1S/C19H23N3O3/c1-13-5-8-18(24-2)17(10-13)22-14-6-7-16(20-11-14)19(23)21-12-15-4-3-9-25-15/h5-8,10-11,15,22H,3-4,9,12H2,1-2H3,(H,21,23). The van der Waals surface area contributed by atoms with Crippen LogP contribution in [0.4, 0.5) is 11.4 Å². The molecule has 1 amide bonds. The van der Waals surface area contributed by atoms with Crippen molar-refractivity contribution in [3.8, 4) is 5.75 Å². The Kier molecular flexibility index (Phi) is 5.50. The second-order valence-corrected chi connectivity index (χ2v) is 6.11. The molecule has 0 saturated carbocycles. The highest BCUT2D eigenvalue weighted by Gasteiger charge is 2.17. The Hall–Kier alpha value is -2.60. The van der Waals surface area contributed by atoms with Crippen LogP contribution in [0, 0.1) is 6.92 Å². The van der Waals surface area contributed by atoms with Gasteiger partial charge >= 0.3 is 0 Å². The molecule has 2 heterocycles. The van der Waals surface area contributed by atoms with Gasteiger partial charge in [-0.2, -0.15) is 0 Å². The average molecular weight is 341 g/mol. The Morgan fingerprint density at radius 2 is 2.24 bits per heavy atom. The lowest BCUT2D eigenvalue weighted by molar-refractivity contribution is 0.0854. The summed E-state index contributed by atoms with van der Waals surface area (Å²) in [6.45, 7) is 3.33. The van der Waals surface area contributed by atoms with E-state index in [1.165, 1.54) is 0 Å². The highest BCUT2D eigenvalue weighted by molar-refractivity contribution is 5.92. The second-order valence-electron chi connectivity index (χ2n) is 6.11. The average Bonchev–Trinajstić information content (AvgIpc) is 3.14. The summed E-state index contributed by atoms with van der Waals surface area (Å²) in [5.41, 5.74) is 3.17. The van der Waals surface area contributed by atoms with Gasteiger partial charge in [-0.25, -0.2) is 4.98 Å². The number of benzene rings is 1. The predicted molar refractivity (Wildman–Crippen MR) is 96.6 cm³/mol. The number of nitrogens with zero attached hydrogens (tertiary/aromatic N) is 1. The summed E-state index contributed by atoms with van der Waals surface area (Å²) in [7, 11) is 1.63. The van der Waals surface area contributed by atoms with Crippen molar-refractivity contribution in [2.45, 2.75) is 25.9 Å². The van der Waals surface area contributed by atoms with Crippen LogP contribution >= 0.6 is 0 Å². The van der Waals surface area contributed by atoms with Gasteiger partial charge in [0.05, 0.1) is 30.8 Å². The minimum absolute atomic E-state index is 0.124. The van der Waals surface area contributed by atoms with Crippen molar-refractivity contribution in [1.29, 1.82) is 0 Å². The third-order valence-electron chi connectivity index (χ3n) is 4.14. The number of pyridine rings is 1. The zero-order valence-corrected chi connectivity index (χ0v) is 14.5. The van der Waals surface area contributed by atoms with Gasteiger partial charge in [0.2, 0.25) is 0 Å². The molecule has 132 valence electrons. The van der Waals surface area contributed by atoms with Crippen LogP contribution in [0.1, 0.15) is 28.9 Å². The van der Waals surface area contributed by atoms with Crippen LogP contribution in [0.25, 0.3) is 0 Å². The number of aromatic nitrogens is 1. The van der Waals surface area contributed by atoms with Crippen LogP contribution in [0.2, 0.25) is 0 Å². The Bertz CT molecular complexity index is 725. The van der Waals surface area contributed by atoms with E-state index in [9.17, 15) is 4.79 Å². The van der Waals surface area contributed by atoms with Crippen molar-refractivity contribution < 1.29 is 14.3 Å². The molecule has 1 aromatic heterocycles. The van der Waals surface area contributed by atoms with Crippen LogP contribution < -0.4 is 15.4 Å². The first-order valence-corrected chi connectivity index (χ1v) is 8.43. The molecule has 0 aliphatic carbocycles. The molecule has 1 saturated heterocycles. The van der Waals surface area contributed by atoms with Crippen molar-refractivity contribution in [2.75, 3.05) is 25.6 Å². The van der Waals surface area contributed by atoms with Gasteiger partial charge in [0.15, 0.2) is 0 Å². The summed E-state index contributed by atoms with van der Waals surface area (Å²) < 4.78 is 10.9. The fourth-order valence-electron chi connectivity index (χ4n) is 2.78. The summed E-state index contributed by atoms with van der Waals surface area (Å²) >= 11 is 0. The topological polar surface area (TPSA) is 72.5 Å². The lowest BCUT2D eigenvalue weighted by Gasteiger charge is -2.13. The van der Waals surface area contributed by atoms with E-state index in [-0.39, 0.29) is 12.0 Å². The summed E-state index contributed by atoms with van der Waals surface area (Å²) in [4.78, 5) is 16.4. The third kappa shape index (κ3) is 4.48. The number of carbonyl (C=O) groups excluding carboxylic acids is 1. The molecule has 0 radical (unpaired) electrons. The Morgan fingerprint density at radius 3 is 2.92 bits per heavy atom. The second kappa shape index (κ2) is 7.98. The molecule has 0 bridgehead atoms. The summed E-state index contributed by atoms with van der Waals surface area (Å²) in [6, 6.07) is 9.44. The van der Waals surface area contributed by atoms with Gasteiger partial charge in [-0.1, -0.05) is 6.07 Å². The summed E-state index contributed by atoms with van der Waals surface area (Å²) in [6.07, 6.45) is 3.82. The number of nitrogens with one attached hydrogen (secondary N) is 2. The first kappa shape index (κ1) is 17.2. The number of amides is 1. The first-order chi connectivity index (χ1) is 12.2. The van der Waals surface area contributed by atoms with E-state index >= 15 is 0 Å². The summed E-state index contributed by atoms with van der Waals surface area (Å²) in [5.74, 6) is 0.569. The molecule has 1 unspecified atom stereocenters. The van der Waals surface area contributed by atoms with Crippen molar-refractivity contribution >= 4 is 17.3 Å². The van der Waals surface area contributed by atoms with Gasteiger partial charge in [0.1, 0.15) is 11.4 Å². The van der Waals surface area contributed by atoms with Gasteiger partial charge in [-0.05, 0) is 49.6 Å². The molecule has 3 rings (SSSR count). The number of rotatable bonds is 6. The minimum atomic E-state index is -0.185. The molecular formula is C19H23N3O3. The molecule has 2 N–H and O–H groups in total. The predicted octanol–water partition coefficient (Wildman–Crippen LogP) is 3.05. The van der Waals surface area contributed by atoms with E-state index in [4.69, 9.17) is 9.47 Å². The van der Waals surface area contributed by atoms with E-state index in [1.807, 2.05) is 31.2 Å². The smallest absolute Gasteiger partial charge is 0.269 e. The number of carbonyl (C=O) groups is 1. The highest BCUT2D eigenvalue weighted by Crippen LogP contribution is 2.28. The minimum Gasteiger partial charge on any atom is -0.495 e. The van der Waals surface area contributed by atoms with Gasteiger partial charge in [0, 0.05) is 13.2 Å². The van der Waals surface area contributed by atoms with Crippen LogP contribution in [0.5, 0.6) is 5.75 Å². The highest BCUT2D eigenvalue weighted by atomic mass is 16.5. The largest absolute Gasteiger partial charge is 0.495 e. The quantitative estimate of drug-likeness (QED) is 0.845. The first-order valence-electron chi connectivity index (χ1n) is 8.43. The summed E-state index contributed by atoms with van der Waals surface area (Å²) in [5, 5.41) is 6.14. The fraction of sp³-hybridized carbons (Fsp3) is 0.368. The zero-order chi connectivity index (χ0) is 17.6. The van der Waals surface area contributed by atoms with Gasteiger partial charge in [0.25, 0.3) is 5.91 Å². The van der Waals surface area contributed by atoms with Gasteiger partial charge in [-0.15, -0.1) is 0 Å². The van der Waals surface area contributed by atoms with Crippen LogP contribution in [-0.4, -0.2) is 37.3 Å². The molecule has 1 aromatic carbocycles. The molecule has 1 fully saturated rings. The van der Waals surface area contributed by atoms with Crippen LogP contribution in [0.15, 0.2) is 36.5 Å². The van der Waals surface area contributed by atoms with E-state index in [2.05, 4.69) is 15.6 Å². The third-order valence-corrected chi connectivity index (χ3v) is 4.14. The fourth-order valence-corrected chi connectivity index (χ4v) is 2.78. The normalized spacial score (nSPS) is 16.5. The number of aryl methyl sites for hydroxylation is 1. The van der Waals surface area contributed by atoms with Gasteiger partial charge in [-0.3, -0.25) is 4.79 Å². The Morgan fingerprint density at radius 1 is 1.36 bits per heavy atom. The number of hydrogen-bond donors (Lipinski definition) is 2. The maximum Gasteiger partial charge on any atom is 0.269 e. The molecule has 25 heavy (non-hydrogen) atoms. The van der Waals surface area contributed by atoms with E-state index < -0.39 is 0 Å². The Balaban J connectivity index is 1.62. The van der Waals surface area contributed by atoms with Crippen molar-refractivity contribution in [3.63, 3.8) is 0 Å². The van der Waals surface area contributed by atoms with Gasteiger partial charge < -0.3 is 20.1 Å². The molecule has 6 nitrogen and oxygen atoms in total. The molecule has 1 aliphatic rings. The monoisotopic (exact) mass is 341 g/mol. The molecule has 2 aromatic rings.